The molecule has 3 heteroatoms. The number of aryl methyl sites for hydroxylation is 1. The number of H-pyrrole nitrogens is 1. The first-order valence-electron chi connectivity index (χ1n) is 4.04. The summed E-state index contributed by atoms with van der Waals surface area (Å²) in [5, 5.41) is 1.76. The average molecular weight is 196 g/mol. The Morgan fingerprint density at radius 2 is 2.15 bits per heavy atom. The van der Waals surface area contributed by atoms with Crippen LogP contribution in [-0.2, 0) is 0 Å². The summed E-state index contributed by atoms with van der Waals surface area (Å²) < 4.78 is 5.22. The average Bonchev–Trinajstić information content (AvgIpc) is 2.48. The molecule has 2 aromatic rings. The fourth-order valence-corrected chi connectivity index (χ4v) is 1.68. The van der Waals surface area contributed by atoms with Gasteiger partial charge in [0.1, 0.15) is 5.75 Å². The molecule has 13 heavy (non-hydrogen) atoms. The van der Waals surface area contributed by atoms with Crippen LogP contribution < -0.4 is 4.74 Å². The Morgan fingerprint density at radius 3 is 2.85 bits per heavy atom. The number of fused-ring (bicyclic) bond motifs is 1. The number of aromatic amines is 1. The van der Waals surface area contributed by atoms with Crippen molar-refractivity contribution >= 4 is 22.5 Å². The predicted octanol–water partition coefficient (Wildman–Crippen LogP) is 3.14. The van der Waals surface area contributed by atoms with E-state index < -0.39 is 0 Å². The van der Waals surface area contributed by atoms with Crippen molar-refractivity contribution in [3.8, 4) is 5.75 Å². The summed E-state index contributed by atoms with van der Waals surface area (Å²) >= 11 is 6.01. The third kappa shape index (κ3) is 1.27. The standard InChI is InChI=1S/C10H10ClNO/c1-6-5-7-9(13-2)4-3-8(11)10(7)12-6/h3-5,12H,1-2H3. The molecule has 2 nitrogen and oxygen atoms in total. The van der Waals surface area contributed by atoms with Crippen LogP contribution in [-0.4, -0.2) is 12.1 Å². The molecule has 68 valence electrons. The van der Waals surface area contributed by atoms with Gasteiger partial charge < -0.3 is 9.72 Å². The van der Waals surface area contributed by atoms with Crippen LogP contribution in [0.1, 0.15) is 5.69 Å². The highest BCUT2D eigenvalue weighted by Crippen LogP contribution is 2.31. The van der Waals surface area contributed by atoms with E-state index in [1.54, 1.807) is 7.11 Å². The third-order valence-corrected chi connectivity index (χ3v) is 2.37. The Balaban J connectivity index is 2.83. The Bertz CT molecular complexity index is 447. The second-order valence-electron chi connectivity index (χ2n) is 2.99. The van der Waals surface area contributed by atoms with E-state index in [1.165, 1.54) is 0 Å². The van der Waals surface area contributed by atoms with E-state index >= 15 is 0 Å². The van der Waals surface area contributed by atoms with Gasteiger partial charge in [-0.3, -0.25) is 0 Å². The molecule has 1 aromatic heterocycles. The molecule has 0 saturated carbocycles. The first-order chi connectivity index (χ1) is 6.22. The van der Waals surface area contributed by atoms with E-state index in [-0.39, 0.29) is 0 Å². The van der Waals surface area contributed by atoms with Crippen molar-refractivity contribution in [3.05, 3.63) is 28.9 Å². The lowest BCUT2D eigenvalue weighted by Gasteiger charge is -2.01. The van der Waals surface area contributed by atoms with Crippen LogP contribution in [0.4, 0.5) is 0 Å². The lowest BCUT2D eigenvalue weighted by molar-refractivity contribution is 0.420. The molecule has 0 aliphatic heterocycles. The monoisotopic (exact) mass is 195 g/mol. The van der Waals surface area contributed by atoms with Crippen LogP contribution >= 0.6 is 11.6 Å². The topological polar surface area (TPSA) is 25.0 Å². The maximum absolute atomic E-state index is 6.01. The molecular formula is C10H10ClNO. The first kappa shape index (κ1) is 8.45. The first-order valence-corrected chi connectivity index (χ1v) is 4.42. The number of hydrogen-bond acceptors (Lipinski definition) is 1. The molecule has 0 bridgehead atoms. The number of methoxy groups -OCH3 is 1. The van der Waals surface area contributed by atoms with Gasteiger partial charge in [-0.1, -0.05) is 11.6 Å². The fourth-order valence-electron chi connectivity index (χ4n) is 1.47. The Morgan fingerprint density at radius 1 is 1.38 bits per heavy atom. The van der Waals surface area contributed by atoms with Gasteiger partial charge >= 0.3 is 0 Å². The van der Waals surface area contributed by atoms with Crippen LogP contribution in [0.5, 0.6) is 5.75 Å². The van der Waals surface area contributed by atoms with Crippen molar-refractivity contribution in [2.24, 2.45) is 0 Å². The molecule has 2 rings (SSSR count). The van der Waals surface area contributed by atoms with Crippen molar-refractivity contribution in [1.29, 1.82) is 0 Å². The normalized spacial score (nSPS) is 10.7. The minimum atomic E-state index is 0.726. The minimum absolute atomic E-state index is 0.726. The molecule has 0 spiro atoms. The minimum Gasteiger partial charge on any atom is -0.496 e. The van der Waals surface area contributed by atoms with E-state index in [1.807, 2.05) is 25.1 Å². The van der Waals surface area contributed by atoms with Crippen molar-refractivity contribution in [2.75, 3.05) is 7.11 Å². The van der Waals surface area contributed by atoms with Crippen LogP contribution in [0.3, 0.4) is 0 Å². The van der Waals surface area contributed by atoms with E-state index in [0.717, 1.165) is 27.4 Å². The quantitative estimate of drug-likeness (QED) is 0.743. The van der Waals surface area contributed by atoms with Gasteiger partial charge in [0, 0.05) is 11.1 Å². The smallest absolute Gasteiger partial charge is 0.128 e. The van der Waals surface area contributed by atoms with Crippen LogP contribution in [0.15, 0.2) is 18.2 Å². The van der Waals surface area contributed by atoms with Gasteiger partial charge in [-0.25, -0.2) is 0 Å². The third-order valence-electron chi connectivity index (χ3n) is 2.06. The molecule has 0 atom stereocenters. The van der Waals surface area contributed by atoms with Crippen molar-refractivity contribution in [2.45, 2.75) is 6.92 Å². The largest absolute Gasteiger partial charge is 0.496 e. The van der Waals surface area contributed by atoms with Crippen LogP contribution in [0, 0.1) is 6.92 Å². The number of aromatic nitrogens is 1. The number of benzene rings is 1. The van der Waals surface area contributed by atoms with Gasteiger partial charge in [0.15, 0.2) is 0 Å². The van der Waals surface area contributed by atoms with Gasteiger partial charge in [-0.05, 0) is 25.1 Å². The van der Waals surface area contributed by atoms with Gasteiger partial charge in [0.25, 0.3) is 0 Å². The maximum Gasteiger partial charge on any atom is 0.128 e. The Labute approximate surface area is 81.5 Å². The van der Waals surface area contributed by atoms with Crippen LogP contribution in [0.2, 0.25) is 5.02 Å². The summed E-state index contributed by atoms with van der Waals surface area (Å²) in [7, 11) is 1.66. The van der Waals surface area contributed by atoms with Gasteiger partial charge in [0.05, 0.1) is 17.6 Å². The zero-order valence-electron chi connectivity index (χ0n) is 7.52. The molecule has 0 radical (unpaired) electrons. The number of hydrogen-bond donors (Lipinski definition) is 1. The second-order valence-corrected chi connectivity index (χ2v) is 3.40. The molecule has 1 N–H and O–H groups in total. The summed E-state index contributed by atoms with van der Waals surface area (Å²) in [5.74, 6) is 0.851. The van der Waals surface area contributed by atoms with E-state index in [0.29, 0.717) is 0 Å². The highest BCUT2D eigenvalue weighted by atomic mass is 35.5. The summed E-state index contributed by atoms with van der Waals surface area (Å²) in [5.41, 5.74) is 2.03. The molecule has 0 unspecified atom stereocenters. The Kier molecular flexibility index (Phi) is 1.93. The molecule has 0 saturated heterocycles. The Hall–Kier alpha value is -1.15. The molecule has 0 aliphatic rings. The van der Waals surface area contributed by atoms with Crippen LogP contribution in [0.25, 0.3) is 10.9 Å². The summed E-state index contributed by atoms with van der Waals surface area (Å²) in [6.07, 6.45) is 0. The van der Waals surface area contributed by atoms with Crippen molar-refractivity contribution in [1.82, 2.24) is 4.98 Å². The van der Waals surface area contributed by atoms with Gasteiger partial charge in [-0.2, -0.15) is 0 Å². The lowest BCUT2D eigenvalue weighted by Crippen LogP contribution is -1.82. The predicted molar refractivity (Wildman–Crippen MR) is 54.6 cm³/mol. The van der Waals surface area contributed by atoms with E-state index in [9.17, 15) is 0 Å². The van der Waals surface area contributed by atoms with Crippen molar-refractivity contribution < 1.29 is 4.74 Å². The second kappa shape index (κ2) is 2.96. The molecular weight excluding hydrogens is 186 g/mol. The van der Waals surface area contributed by atoms with Crippen molar-refractivity contribution in [3.63, 3.8) is 0 Å². The number of ether oxygens (including phenoxy) is 1. The van der Waals surface area contributed by atoms with E-state index in [2.05, 4.69) is 4.98 Å². The molecule has 0 fully saturated rings. The zero-order valence-corrected chi connectivity index (χ0v) is 8.27. The summed E-state index contributed by atoms with van der Waals surface area (Å²) in [6.45, 7) is 2.00. The highest BCUT2D eigenvalue weighted by molar-refractivity contribution is 6.35. The molecule has 0 aliphatic carbocycles. The fraction of sp³-hybridized carbons (Fsp3) is 0.200. The van der Waals surface area contributed by atoms with Gasteiger partial charge in [-0.15, -0.1) is 0 Å². The number of nitrogens with one attached hydrogen (secondary N) is 1. The summed E-state index contributed by atoms with van der Waals surface area (Å²) in [6, 6.07) is 5.73. The summed E-state index contributed by atoms with van der Waals surface area (Å²) in [4.78, 5) is 3.19. The molecule has 0 amide bonds. The zero-order chi connectivity index (χ0) is 9.42. The number of halogens is 1. The maximum atomic E-state index is 6.01. The molecule has 1 heterocycles. The highest BCUT2D eigenvalue weighted by Gasteiger charge is 2.06. The van der Waals surface area contributed by atoms with E-state index in [4.69, 9.17) is 16.3 Å². The lowest BCUT2D eigenvalue weighted by atomic mass is 10.2. The SMILES string of the molecule is COc1ccc(Cl)c2[nH]c(C)cc12. The molecule has 1 aromatic carbocycles. The van der Waals surface area contributed by atoms with Gasteiger partial charge in [0.2, 0.25) is 0 Å². The number of rotatable bonds is 1.